The van der Waals surface area contributed by atoms with E-state index in [1.165, 1.54) is 0 Å². The molecule has 140 valence electrons. The lowest BCUT2D eigenvalue weighted by Crippen LogP contribution is -2.30. The molecule has 3 aromatic rings. The topological polar surface area (TPSA) is 68.5 Å². The highest BCUT2D eigenvalue weighted by molar-refractivity contribution is 6.31. The van der Waals surface area contributed by atoms with Crippen molar-refractivity contribution < 1.29 is 14.1 Å². The summed E-state index contributed by atoms with van der Waals surface area (Å²) in [6.07, 6.45) is 0. The summed E-state index contributed by atoms with van der Waals surface area (Å²) in [4.78, 5) is 18.8. The summed E-state index contributed by atoms with van der Waals surface area (Å²) in [6, 6.07) is 12.6. The maximum atomic E-state index is 12.8. The molecule has 0 atom stereocenters. The van der Waals surface area contributed by atoms with Crippen molar-refractivity contribution in [3.8, 4) is 17.1 Å². The standard InChI is InChI=1S/C20H20ClN3O3/c1-4-24(20(25)15-6-5-13(2)17(21)11-15)12-18-22-19(23-27-18)14-7-9-16(26-3)10-8-14/h5-11H,4,12H2,1-3H3. The van der Waals surface area contributed by atoms with Gasteiger partial charge in [-0.2, -0.15) is 4.98 Å². The Balaban J connectivity index is 1.75. The molecule has 0 unspecified atom stereocenters. The Labute approximate surface area is 162 Å². The third-order valence-corrected chi connectivity index (χ3v) is 4.64. The molecule has 0 aliphatic carbocycles. The van der Waals surface area contributed by atoms with Gasteiger partial charge in [0.1, 0.15) is 12.3 Å². The van der Waals surface area contributed by atoms with Gasteiger partial charge in [-0.25, -0.2) is 0 Å². The molecule has 6 nitrogen and oxygen atoms in total. The van der Waals surface area contributed by atoms with Crippen LogP contribution in [0.5, 0.6) is 5.75 Å². The summed E-state index contributed by atoms with van der Waals surface area (Å²) in [5.74, 6) is 1.45. The number of aryl methyl sites for hydroxylation is 1. The molecule has 1 amide bonds. The summed E-state index contributed by atoms with van der Waals surface area (Å²) >= 11 is 6.14. The summed E-state index contributed by atoms with van der Waals surface area (Å²) in [5, 5.41) is 4.57. The van der Waals surface area contributed by atoms with Gasteiger partial charge >= 0.3 is 0 Å². The second-order valence-electron chi connectivity index (χ2n) is 6.02. The molecule has 0 aliphatic heterocycles. The lowest BCUT2D eigenvalue weighted by atomic mass is 10.1. The van der Waals surface area contributed by atoms with E-state index in [1.807, 2.05) is 44.2 Å². The van der Waals surface area contributed by atoms with Gasteiger partial charge < -0.3 is 14.2 Å². The SMILES string of the molecule is CCN(Cc1nc(-c2ccc(OC)cc2)no1)C(=O)c1ccc(C)c(Cl)c1. The fraction of sp³-hybridized carbons (Fsp3) is 0.250. The first kappa shape index (κ1) is 18.9. The van der Waals surface area contributed by atoms with E-state index in [-0.39, 0.29) is 12.5 Å². The van der Waals surface area contributed by atoms with Crippen molar-refractivity contribution in [2.24, 2.45) is 0 Å². The highest BCUT2D eigenvalue weighted by Gasteiger charge is 2.19. The van der Waals surface area contributed by atoms with E-state index < -0.39 is 0 Å². The van der Waals surface area contributed by atoms with Crippen molar-refractivity contribution in [2.75, 3.05) is 13.7 Å². The highest BCUT2D eigenvalue weighted by Crippen LogP contribution is 2.21. The van der Waals surface area contributed by atoms with Gasteiger partial charge in [0.2, 0.25) is 11.7 Å². The summed E-state index contributed by atoms with van der Waals surface area (Å²) in [6.45, 7) is 4.52. The molecule has 0 spiro atoms. The zero-order valence-electron chi connectivity index (χ0n) is 15.4. The van der Waals surface area contributed by atoms with E-state index in [9.17, 15) is 4.79 Å². The number of methoxy groups -OCH3 is 1. The second kappa shape index (κ2) is 8.22. The molecular formula is C20H20ClN3O3. The Bertz CT molecular complexity index is 938. The van der Waals surface area contributed by atoms with Gasteiger partial charge in [-0.1, -0.05) is 22.8 Å². The smallest absolute Gasteiger partial charge is 0.254 e. The van der Waals surface area contributed by atoms with Crippen LogP contribution >= 0.6 is 11.6 Å². The number of benzene rings is 2. The first-order valence-electron chi connectivity index (χ1n) is 8.54. The molecule has 1 heterocycles. The Morgan fingerprint density at radius 1 is 1.22 bits per heavy atom. The van der Waals surface area contributed by atoms with E-state index in [1.54, 1.807) is 24.1 Å². The fourth-order valence-corrected chi connectivity index (χ4v) is 2.76. The summed E-state index contributed by atoms with van der Waals surface area (Å²) in [7, 11) is 1.61. The minimum Gasteiger partial charge on any atom is -0.497 e. The zero-order valence-corrected chi connectivity index (χ0v) is 16.2. The van der Waals surface area contributed by atoms with Gasteiger partial charge in [0.15, 0.2) is 0 Å². The van der Waals surface area contributed by atoms with E-state index in [2.05, 4.69) is 10.1 Å². The molecule has 0 saturated heterocycles. The zero-order chi connectivity index (χ0) is 19.4. The molecule has 0 radical (unpaired) electrons. The van der Waals surface area contributed by atoms with Crippen LogP contribution in [0.4, 0.5) is 0 Å². The van der Waals surface area contributed by atoms with Crippen molar-refractivity contribution in [3.05, 3.63) is 64.5 Å². The number of carbonyl (C=O) groups excluding carboxylic acids is 1. The van der Waals surface area contributed by atoms with E-state index in [0.717, 1.165) is 16.9 Å². The first-order valence-corrected chi connectivity index (χ1v) is 8.92. The van der Waals surface area contributed by atoms with E-state index in [0.29, 0.717) is 28.8 Å². The highest BCUT2D eigenvalue weighted by atomic mass is 35.5. The van der Waals surface area contributed by atoms with Crippen LogP contribution in [0.3, 0.4) is 0 Å². The monoisotopic (exact) mass is 385 g/mol. The maximum Gasteiger partial charge on any atom is 0.254 e. The maximum absolute atomic E-state index is 12.8. The molecule has 0 saturated carbocycles. The second-order valence-corrected chi connectivity index (χ2v) is 6.43. The van der Waals surface area contributed by atoms with Gasteiger partial charge in [0, 0.05) is 22.7 Å². The number of rotatable bonds is 6. The molecule has 2 aromatic carbocycles. The molecule has 7 heteroatoms. The van der Waals surface area contributed by atoms with Crippen LogP contribution < -0.4 is 4.74 Å². The van der Waals surface area contributed by atoms with Crippen LogP contribution in [0, 0.1) is 6.92 Å². The van der Waals surface area contributed by atoms with Crippen LogP contribution in [-0.4, -0.2) is 34.6 Å². The minimum atomic E-state index is -0.136. The minimum absolute atomic E-state index is 0.136. The third kappa shape index (κ3) is 4.28. The number of halogens is 1. The number of nitrogens with zero attached hydrogens (tertiary/aromatic N) is 3. The molecule has 3 rings (SSSR count). The van der Waals surface area contributed by atoms with Gasteiger partial charge in [0.05, 0.1) is 7.11 Å². The van der Waals surface area contributed by atoms with Gasteiger partial charge in [-0.05, 0) is 55.8 Å². The lowest BCUT2D eigenvalue weighted by Gasteiger charge is -2.19. The van der Waals surface area contributed by atoms with Crippen molar-refractivity contribution >= 4 is 17.5 Å². The molecule has 0 aliphatic rings. The van der Waals surface area contributed by atoms with Gasteiger partial charge in [-0.3, -0.25) is 4.79 Å². The van der Waals surface area contributed by atoms with Crippen molar-refractivity contribution in [1.29, 1.82) is 0 Å². The predicted molar refractivity (Wildman–Crippen MR) is 103 cm³/mol. The third-order valence-electron chi connectivity index (χ3n) is 4.23. The molecule has 27 heavy (non-hydrogen) atoms. The van der Waals surface area contributed by atoms with Crippen LogP contribution in [-0.2, 0) is 6.54 Å². The van der Waals surface area contributed by atoms with Gasteiger partial charge in [-0.15, -0.1) is 0 Å². The number of hydrogen-bond donors (Lipinski definition) is 0. The largest absolute Gasteiger partial charge is 0.497 e. The Kier molecular flexibility index (Phi) is 5.76. The fourth-order valence-electron chi connectivity index (χ4n) is 2.58. The number of hydrogen-bond acceptors (Lipinski definition) is 5. The Morgan fingerprint density at radius 2 is 1.96 bits per heavy atom. The quantitative estimate of drug-likeness (QED) is 0.630. The lowest BCUT2D eigenvalue weighted by molar-refractivity contribution is 0.0734. The average Bonchev–Trinajstić information content (AvgIpc) is 3.16. The summed E-state index contributed by atoms with van der Waals surface area (Å²) in [5.41, 5.74) is 2.27. The normalized spacial score (nSPS) is 10.7. The predicted octanol–water partition coefficient (Wildman–Crippen LogP) is 4.37. The summed E-state index contributed by atoms with van der Waals surface area (Å²) < 4.78 is 10.5. The van der Waals surface area contributed by atoms with Crippen LogP contribution in [0.1, 0.15) is 28.7 Å². The van der Waals surface area contributed by atoms with Crippen molar-refractivity contribution in [2.45, 2.75) is 20.4 Å². The Hall–Kier alpha value is -2.86. The van der Waals surface area contributed by atoms with Crippen LogP contribution in [0.2, 0.25) is 5.02 Å². The number of aromatic nitrogens is 2. The number of ether oxygens (including phenoxy) is 1. The molecule has 0 bridgehead atoms. The van der Waals surface area contributed by atoms with Gasteiger partial charge in [0.25, 0.3) is 5.91 Å². The molecule has 0 N–H and O–H groups in total. The van der Waals surface area contributed by atoms with E-state index >= 15 is 0 Å². The van der Waals surface area contributed by atoms with E-state index in [4.69, 9.17) is 20.9 Å². The van der Waals surface area contributed by atoms with Crippen LogP contribution in [0.15, 0.2) is 47.0 Å². The Morgan fingerprint density at radius 3 is 2.59 bits per heavy atom. The number of carbonyl (C=O) groups is 1. The number of amides is 1. The molecular weight excluding hydrogens is 366 g/mol. The average molecular weight is 386 g/mol. The van der Waals surface area contributed by atoms with Crippen LogP contribution in [0.25, 0.3) is 11.4 Å². The van der Waals surface area contributed by atoms with Crippen molar-refractivity contribution in [1.82, 2.24) is 15.0 Å². The first-order chi connectivity index (χ1) is 13.0. The van der Waals surface area contributed by atoms with Crippen molar-refractivity contribution in [3.63, 3.8) is 0 Å². The molecule has 0 fully saturated rings. The molecule has 1 aromatic heterocycles.